The van der Waals surface area contributed by atoms with Crippen molar-refractivity contribution in [3.8, 4) is 0 Å². The number of likely N-dealkylation sites (tertiary alicyclic amines) is 1. The number of nitrogens with zero attached hydrogens (tertiary/aromatic N) is 1. The predicted molar refractivity (Wildman–Crippen MR) is 78.9 cm³/mol. The molecule has 3 nitrogen and oxygen atoms in total. The number of hydrogen-bond donors (Lipinski definition) is 1. The number of rotatable bonds is 4. The summed E-state index contributed by atoms with van der Waals surface area (Å²) in [6.07, 6.45) is 0.376. The van der Waals surface area contributed by atoms with Crippen LogP contribution >= 0.6 is 11.8 Å². The first kappa shape index (κ1) is 15.3. The van der Waals surface area contributed by atoms with E-state index in [4.69, 9.17) is 0 Å². The highest BCUT2D eigenvalue weighted by Crippen LogP contribution is 2.19. The molecule has 1 fully saturated rings. The SMILES string of the molecule is CC1CN(C(=O)CSCc2ccc(F)cc2)CCC1O. The van der Waals surface area contributed by atoms with Crippen LogP contribution in [0.5, 0.6) is 0 Å². The second-order valence-corrected chi connectivity index (χ2v) is 6.28. The summed E-state index contributed by atoms with van der Waals surface area (Å²) in [6.45, 7) is 3.24. The molecule has 0 saturated carbocycles. The van der Waals surface area contributed by atoms with Crippen LogP contribution in [0.25, 0.3) is 0 Å². The van der Waals surface area contributed by atoms with E-state index in [1.54, 1.807) is 12.1 Å². The first-order chi connectivity index (χ1) is 9.56. The third-order valence-electron chi connectivity index (χ3n) is 3.62. The summed E-state index contributed by atoms with van der Waals surface area (Å²) in [7, 11) is 0. The Morgan fingerprint density at radius 1 is 1.45 bits per heavy atom. The predicted octanol–water partition coefficient (Wildman–Crippen LogP) is 2.29. The van der Waals surface area contributed by atoms with Gasteiger partial charge in [0, 0.05) is 18.8 Å². The monoisotopic (exact) mass is 297 g/mol. The van der Waals surface area contributed by atoms with Gasteiger partial charge in [0.15, 0.2) is 0 Å². The molecular formula is C15H20FNO2S. The zero-order valence-corrected chi connectivity index (χ0v) is 12.4. The first-order valence-electron chi connectivity index (χ1n) is 6.84. The van der Waals surface area contributed by atoms with Crippen LogP contribution < -0.4 is 0 Å². The zero-order chi connectivity index (χ0) is 14.5. The van der Waals surface area contributed by atoms with E-state index in [1.165, 1.54) is 23.9 Å². The van der Waals surface area contributed by atoms with Gasteiger partial charge < -0.3 is 10.0 Å². The van der Waals surface area contributed by atoms with Crippen molar-refractivity contribution in [2.45, 2.75) is 25.2 Å². The Hall–Kier alpha value is -1.07. The molecule has 1 aliphatic heterocycles. The molecule has 1 amide bonds. The second-order valence-electron chi connectivity index (χ2n) is 5.29. The average Bonchev–Trinajstić information content (AvgIpc) is 2.44. The largest absolute Gasteiger partial charge is 0.393 e. The minimum absolute atomic E-state index is 0.121. The fourth-order valence-electron chi connectivity index (χ4n) is 2.29. The Labute approximate surface area is 123 Å². The van der Waals surface area contributed by atoms with Crippen LogP contribution in [0.2, 0.25) is 0 Å². The Kier molecular flexibility index (Phi) is 5.43. The molecule has 2 rings (SSSR count). The van der Waals surface area contributed by atoms with Gasteiger partial charge in [0.2, 0.25) is 5.91 Å². The lowest BCUT2D eigenvalue weighted by Crippen LogP contribution is -2.45. The van der Waals surface area contributed by atoms with E-state index in [-0.39, 0.29) is 23.7 Å². The number of thioether (sulfide) groups is 1. The van der Waals surface area contributed by atoms with Crippen LogP contribution in [0.15, 0.2) is 24.3 Å². The normalized spacial score (nSPS) is 22.9. The number of benzene rings is 1. The van der Waals surface area contributed by atoms with Gasteiger partial charge in [-0.1, -0.05) is 19.1 Å². The summed E-state index contributed by atoms with van der Waals surface area (Å²) in [5.41, 5.74) is 1.02. The van der Waals surface area contributed by atoms with Crippen molar-refractivity contribution in [3.63, 3.8) is 0 Å². The number of hydrogen-bond acceptors (Lipinski definition) is 3. The molecule has 1 aromatic carbocycles. The lowest BCUT2D eigenvalue weighted by Gasteiger charge is -2.34. The Morgan fingerprint density at radius 3 is 2.80 bits per heavy atom. The minimum atomic E-state index is -0.286. The second kappa shape index (κ2) is 7.09. The fourth-order valence-corrected chi connectivity index (χ4v) is 3.18. The van der Waals surface area contributed by atoms with Crippen LogP contribution in [0.1, 0.15) is 18.9 Å². The van der Waals surface area contributed by atoms with Gasteiger partial charge in [-0.25, -0.2) is 4.39 Å². The summed E-state index contributed by atoms with van der Waals surface area (Å²) in [5, 5.41) is 9.65. The van der Waals surface area contributed by atoms with Gasteiger partial charge in [0.25, 0.3) is 0 Å². The minimum Gasteiger partial charge on any atom is -0.393 e. The Morgan fingerprint density at radius 2 is 2.15 bits per heavy atom. The van der Waals surface area contributed by atoms with Crippen molar-refractivity contribution in [3.05, 3.63) is 35.6 Å². The van der Waals surface area contributed by atoms with Gasteiger partial charge in [-0.15, -0.1) is 11.8 Å². The lowest BCUT2D eigenvalue weighted by atomic mass is 9.97. The van der Waals surface area contributed by atoms with Gasteiger partial charge in [0.1, 0.15) is 5.82 Å². The molecule has 2 unspecified atom stereocenters. The number of halogens is 1. The number of piperidine rings is 1. The maximum atomic E-state index is 12.8. The van der Waals surface area contributed by atoms with Crippen molar-refractivity contribution in [1.82, 2.24) is 4.90 Å². The van der Waals surface area contributed by atoms with E-state index >= 15 is 0 Å². The zero-order valence-electron chi connectivity index (χ0n) is 11.6. The van der Waals surface area contributed by atoms with E-state index in [9.17, 15) is 14.3 Å². The van der Waals surface area contributed by atoms with Crippen molar-refractivity contribution in [2.24, 2.45) is 5.92 Å². The molecule has 0 radical (unpaired) electrons. The van der Waals surface area contributed by atoms with Crippen LogP contribution in [0.4, 0.5) is 4.39 Å². The molecule has 2 atom stereocenters. The third kappa shape index (κ3) is 4.21. The van der Waals surface area contributed by atoms with E-state index in [0.29, 0.717) is 31.0 Å². The van der Waals surface area contributed by atoms with Gasteiger partial charge in [-0.05, 0) is 30.0 Å². The molecule has 0 bridgehead atoms. The van der Waals surface area contributed by atoms with Crippen LogP contribution in [0, 0.1) is 11.7 Å². The van der Waals surface area contributed by atoms with Crippen molar-refractivity contribution in [2.75, 3.05) is 18.8 Å². The van der Waals surface area contributed by atoms with Crippen molar-refractivity contribution >= 4 is 17.7 Å². The highest BCUT2D eigenvalue weighted by molar-refractivity contribution is 7.99. The van der Waals surface area contributed by atoms with Crippen molar-refractivity contribution < 1.29 is 14.3 Å². The fraction of sp³-hybridized carbons (Fsp3) is 0.533. The summed E-state index contributed by atoms with van der Waals surface area (Å²) in [5.74, 6) is 1.17. The number of carbonyl (C=O) groups excluding carboxylic acids is 1. The number of aliphatic hydroxyl groups is 1. The molecule has 110 valence electrons. The van der Waals surface area contributed by atoms with Crippen LogP contribution in [-0.4, -0.2) is 40.9 Å². The maximum Gasteiger partial charge on any atom is 0.232 e. The Balaban J connectivity index is 1.74. The highest BCUT2D eigenvalue weighted by atomic mass is 32.2. The summed E-state index contributed by atoms with van der Waals surface area (Å²) >= 11 is 1.54. The van der Waals surface area contributed by atoms with Gasteiger partial charge in [-0.2, -0.15) is 0 Å². The van der Waals surface area contributed by atoms with E-state index in [2.05, 4.69) is 0 Å². The maximum absolute atomic E-state index is 12.8. The molecule has 0 aromatic heterocycles. The molecule has 0 aliphatic carbocycles. The highest BCUT2D eigenvalue weighted by Gasteiger charge is 2.26. The van der Waals surface area contributed by atoms with E-state index in [0.717, 1.165) is 5.56 Å². The van der Waals surface area contributed by atoms with Gasteiger partial charge in [-0.3, -0.25) is 4.79 Å². The van der Waals surface area contributed by atoms with E-state index < -0.39 is 0 Å². The average molecular weight is 297 g/mol. The molecule has 0 spiro atoms. The standard InChI is InChI=1S/C15H20FNO2S/c1-11-8-17(7-6-14(11)18)15(19)10-20-9-12-2-4-13(16)5-3-12/h2-5,11,14,18H,6-10H2,1H3. The summed E-state index contributed by atoms with van der Waals surface area (Å²) in [6, 6.07) is 6.36. The molecule has 5 heteroatoms. The third-order valence-corrected chi connectivity index (χ3v) is 4.61. The van der Waals surface area contributed by atoms with Crippen molar-refractivity contribution in [1.29, 1.82) is 0 Å². The van der Waals surface area contributed by atoms with Crippen LogP contribution in [0.3, 0.4) is 0 Å². The summed E-state index contributed by atoms with van der Waals surface area (Å²) < 4.78 is 12.8. The molecule has 1 aliphatic rings. The number of amides is 1. The lowest BCUT2D eigenvalue weighted by molar-refractivity contribution is -0.131. The Bertz CT molecular complexity index is 452. The smallest absolute Gasteiger partial charge is 0.232 e. The molecule has 1 aromatic rings. The molecule has 20 heavy (non-hydrogen) atoms. The quantitative estimate of drug-likeness (QED) is 0.927. The molecule has 1 heterocycles. The van der Waals surface area contributed by atoms with Crippen LogP contribution in [-0.2, 0) is 10.5 Å². The van der Waals surface area contributed by atoms with E-state index in [1.807, 2.05) is 11.8 Å². The van der Waals surface area contributed by atoms with Gasteiger partial charge >= 0.3 is 0 Å². The number of aliphatic hydroxyl groups excluding tert-OH is 1. The number of carbonyl (C=O) groups is 1. The summed E-state index contributed by atoms with van der Waals surface area (Å²) in [4.78, 5) is 13.9. The molecule has 1 saturated heterocycles. The first-order valence-corrected chi connectivity index (χ1v) is 8.00. The van der Waals surface area contributed by atoms with Gasteiger partial charge in [0.05, 0.1) is 11.9 Å². The molecular weight excluding hydrogens is 277 g/mol. The topological polar surface area (TPSA) is 40.5 Å². The molecule has 1 N–H and O–H groups in total.